The van der Waals surface area contributed by atoms with Crippen molar-refractivity contribution in [1.29, 1.82) is 0 Å². The summed E-state index contributed by atoms with van der Waals surface area (Å²) in [6.45, 7) is 0. The summed E-state index contributed by atoms with van der Waals surface area (Å²) in [5.74, 6) is -1.28. The minimum Gasteiger partial charge on any atom is -0.503 e. The summed E-state index contributed by atoms with van der Waals surface area (Å²) in [5.41, 5.74) is -0.509. The Labute approximate surface area is 90.9 Å². The first-order chi connectivity index (χ1) is 7.57. The van der Waals surface area contributed by atoms with Crippen LogP contribution in [0.1, 0.15) is 5.56 Å². The number of carbonyl (C=O) groups is 1. The molecule has 0 aromatic heterocycles. The number of para-hydroxylation sites is 1. The zero-order chi connectivity index (χ0) is 12.1. The van der Waals surface area contributed by atoms with Crippen molar-refractivity contribution >= 4 is 17.2 Å². The van der Waals surface area contributed by atoms with Crippen LogP contribution in [-0.4, -0.2) is 23.1 Å². The normalized spacial score (nSPS) is 10.9. The monoisotopic (exact) mass is 223 g/mol. The first kappa shape index (κ1) is 11.7. The third kappa shape index (κ3) is 2.35. The van der Waals surface area contributed by atoms with E-state index in [0.29, 0.717) is 0 Å². The van der Waals surface area contributed by atoms with E-state index in [1.165, 1.54) is 31.4 Å². The number of nitrogens with zero attached hydrogens (tertiary/aromatic N) is 1. The second-order valence-corrected chi connectivity index (χ2v) is 2.85. The van der Waals surface area contributed by atoms with Gasteiger partial charge in [0, 0.05) is 6.07 Å². The molecular formula is C10H9NO5. The Hall–Kier alpha value is -2.37. The van der Waals surface area contributed by atoms with E-state index in [2.05, 4.69) is 4.74 Å². The number of ether oxygens (including phenoxy) is 1. The van der Waals surface area contributed by atoms with Crippen LogP contribution in [-0.2, 0) is 9.53 Å². The van der Waals surface area contributed by atoms with Crippen LogP contribution in [0.15, 0.2) is 30.5 Å². The number of nitro groups is 1. The van der Waals surface area contributed by atoms with Gasteiger partial charge < -0.3 is 9.84 Å². The van der Waals surface area contributed by atoms with E-state index >= 15 is 0 Å². The fraction of sp³-hybridized carbons (Fsp3) is 0.100. The molecule has 1 aromatic carbocycles. The van der Waals surface area contributed by atoms with Crippen molar-refractivity contribution < 1.29 is 19.6 Å². The number of carboxylic acid groups (broad SMARTS) is 1. The van der Waals surface area contributed by atoms with Gasteiger partial charge in [-0.15, -0.1) is 0 Å². The Balaban J connectivity index is 3.35. The van der Waals surface area contributed by atoms with Gasteiger partial charge in [0.2, 0.25) is 0 Å². The number of carboxylic acids is 1. The van der Waals surface area contributed by atoms with Gasteiger partial charge in [-0.25, -0.2) is 4.79 Å². The van der Waals surface area contributed by atoms with Crippen molar-refractivity contribution in [2.75, 3.05) is 7.11 Å². The van der Waals surface area contributed by atoms with E-state index in [-0.39, 0.29) is 16.8 Å². The maximum atomic E-state index is 10.9. The lowest BCUT2D eigenvalue weighted by Gasteiger charge is -2.03. The van der Waals surface area contributed by atoms with E-state index in [1.807, 2.05) is 0 Å². The minimum absolute atomic E-state index is 0.0156. The minimum atomic E-state index is -1.28. The Morgan fingerprint density at radius 3 is 2.62 bits per heavy atom. The summed E-state index contributed by atoms with van der Waals surface area (Å²) in [6, 6.07) is 5.58. The summed E-state index contributed by atoms with van der Waals surface area (Å²) in [7, 11) is 1.28. The quantitative estimate of drug-likeness (QED) is 0.363. The van der Waals surface area contributed by atoms with E-state index < -0.39 is 10.9 Å². The standard InChI is InChI=1S/C10H9NO5/c1-16-6-8(10(12)13)7-4-2-3-5-9(7)11(14)15/h2-6H,1H3,(H,12,13). The van der Waals surface area contributed by atoms with Crippen LogP contribution >= 0.6 is 0 Å². The molecule has 0 saturated heterocycles. The van der Waals surface area contributed by atoms with Crippen LogP contribution in [0, 0.1) is 10.1 Å². The number of aliphatic carboxylic acids is 1. The molecule has 1 N–H and O–H groups in total. The highest BCUT2D eigenvalue weighted by Gasteiger charge is 2.21. The van der Waals surface area contributed by atoms with E-state index in [0.717, 1.165) is 6.26 Å². The fourth-order valence-corrected chi connectivity index (χ4v) is 1.21. The number of benzene rings is 1. The second-order valence-electron chi connectivity index (χ2n) is 2.85. The summed E-state index contributed by atoms with van der Waals surface area (Å²) >= 11 is 0. The molecule has 6 heteroatoms. The zero-order valence-electron chi connectivity index (χ0n) is 8.41. The number of hydrogen-bond acceptors (Lipinski definition) is 4. The van der Waals surface area contributed by atoms with E-state index in [1.54, 1.807) is 0 Å². The van der Waals surface area contributed by atoms with Gasteiger partial charge >= 0.3 is 5.97 Å². The summed E-state index contributed by atoms with van der Waals surface area (Å²) in [6.07, 6.45) is 0.963. The molecule has 6 nitrogen and oxygen atoms in total. The lowest BCUT2D eigenvalue weighted by Crippen LogP contribution is -2.03. The molecule has 0 atom stereocenters. The van der Waals surface area contributed by atoms with Crippen LogP contribution in [0.2, 0.25) is 0 Å². The highest BCUT2D eigenvalue weighted by Crippen LogP contribution is 2.25. The molecule has 0 radical (unpaired) electrons. The molecule has 84 valence electrons. The van der Waals surface area contributed by atoms with Crippen molar-refractivity contribution in [2.24, 2.45) is 0 Å². The van der Waals surface area contributed by atoms with E-state index in [9.17, 15) is 14.9 Å². The van der Waals surface area contributed by atoms with Gasteiger partial charge in [0.15, 0.2) is 0 Å². The molecule has 0 aliphatic heterocycles. The molecule has 1 rings (SSSR count). The smallest absolute Gasteiger partial charge is 0.339 e. The molecule has 0 spiro atoms. The Kier molecular flexibility index (Phi) is 3.60. The SMILES string of the molecule is COC=C(C(=O)O)c1ccccc1[N+](=O)[O-]. The van der Waals surface area contributed by atoms with Crippen LogP contribution in [0.4, 0.5) is 5.69 Å². The molecule has 16 heavy (non-hydrogen) atoms. The number of methoxy groups -OCH3 is 1. The van der Waals surface area contributed by atoms with Crippen LogP contribution in [0.25, 0.3) is 5.57 Å². The third-order valence-electron chi connectivity index (χ3n) is 1.86. The average Bonchev–Trinajstić information content (AvgIpc) is 2.25. The van der Waals surface area contributed by atoms with Gasteiger partial charge in [-0.05, 0) is 6.07 Å². The maximum Gasteiger partial charge on any atom is 0.339 e. The second kappa shape index (κ2) is 4.92. The Morgan fingerprint density at radius 1 is 1.50 bits per heavy atom. The van der Waals surface area contributed by atoms with Gasteiger partial charge in [-0.3, -0.25) is 10.1 Å². The average molecular weight is 223 g/mol. The topological polar surface area (TPSA) is 89.7 Å². The van der Waals surface area contributed by atoms with Crippen molar-refractivity contribution in [3.63, 3.8) is 0 Å². The lowest BCUT2D eigenvalue weighted by molar-refractivity contribution is -0.385. The maximum absolute atomic E-state index is 10.9. The molecule has 0 bridgehead atoms. The van der Waals surface area contributed by atoms with Gasteiger partial charge in [-0.1, -0.05) is 12.1 Å². The predicted octanol–water partition coefficient (Wildman–Crippen LogP) is 1.67. The summed E-state index contributed by atoms with van der Waals surface area (Å²) in [5, 5.41) is 19.6. The van der Waals surface area contributed by atoms with Gasteiger partial charge in [0.1, 0.15) is 5.57 Å². The Bertz CT molecular complexity index is 452. The fourth-order valence-electron chi connectivity index (χ4n) is 1.21. The summed E-state index contributed by atoms with van der Waals surface area (Å²) < 4.78 is 4.59. The van der Waals surface area contributed by atoms with Crippen LogP contribution in [0.5, 0.6) is 0 Å². The highest BCUT2D eigenvalue weighted by molar-refractivity contribution is 6.16. The van der Waals surface area contributed by atoms with Crippen LogP contribution in [0.3, 0.4) is 0 Å². The molecule has 0 heterocycles. The van der Waals surface area contributed by atoms with E-state index in [4.69, 9.17) is 5.11 Å². The van der Waals surface area contributed by atoms with Gasteiger partial charge in [0.25, 0.3) is 5.69 Å². The predicted molar refractivity (Wildman–Crippen MR) is 55.7 cm³/mol. The van der Waals surface area contributed by atoms with Crippen molar-refractivity contribution in [3.05, 3.63) is 46.2 Å². The first-order valence-corrected chi connectivity index (χ1v) is 4.28. The molecule has 0 amide bonds. The lowest BCUT2D eigenvalue weighted by atomic mass is 10.1. The van der Waals surface area contributed by atoms with Gasteiger partial charge in [-0.2, -0.15) is 0 Å². The van der Waals surface area contributed by atoms with Crippen molar-refractivity contribution in [2.45, 2.75) is 0 Å². The van der Waals surface area contributed by atoms with Gasteiger partial charge in [0.05, 0.1) is 23.9 Å². The number of nitro benzene ring substituents is 1. The molecule has 0 saturated carbocycles. The largest absolute Gasteiger partial charge is 0.503 e. The first-order valence-electron chi connectivity index (χ1n) is 4.28. The number of hydrogen-bond donors (Lipinski definition) is 1. The highest BCUT2D eigenvalue weighted by atomic mass is 16.6. The Morgan fingerprint density at radius 2 is 2.12 bits per heavy atom. The molecule has 1 aromatic rings. The molecule has 0 aliphatic carbocycles. The third-order valence-corrected chi connectivity index (χ3v) is 1.86. The molecule has 0 aliphatic rings. The molecule has 0 fully saturated rings. The number of rotatable bonds is 4. The summed E-state index contributed by atoms with van der Waals surface area (Å²) in [4.78, 5) is 21.0. The molecule has 0 unspecified atom stereocenters. The van der Waals surface area contributed by atoms with Crippen molar-refractivity contribution in [3.8, 4) is 0 Å². The van der Waals surface area contributed by atoms with Crippen molar-refractivity contribution in [1.82, 2.24) is 0 Å². The zero-order valence-corrected chi connectivity index (χ0v) is 8.41. The van der Waals surface area contributed by atoms with Crippen LogP contribution < -0.4 is 0 Å². The molecular weight excluding hydrogens is 214 g/mol.